The Hall–Kier alpha value is -2.35. The highest BCUT2D eigenvalue weighted by Crippen LogP contribution is 2.34. The third-order valence-electron chi connectivity index (χ3n) is 4.40. The average Bonchev–Trinajstić information content (AvgIpc) is 3.38. The number of benzene rings is 2. The zero-order chi connectivity index (χ0) is 21.1. The van der Waals surface area contributed by atoms with Gasteiger partial charge in [-0.05, 0) is 36.4 Å². The van der Waals surface area contributed by atoms with E-state index in [2.05, 4.69) is 23.9 Å². The molecule has 0 unspecified atom stereocenters. The maximum atomic E-state index is 13.5. The molecule has 2 aromatic heterocycles. The summed E-state index contributed by atoms with van der Waals surface area (Å²) >= 11 is 9.53. The van der Waals surface area contributed by atoms with Gasteiger partial charge in [0.1, 0.15) is 5.52 Å². The molecule has 0 aliphatic carbocycles. The Labute approximate surface area is 188 Å². The Bertz CT molecular complexity index is 1160. The van der Waals surface area contributed by atoms with E-state index in [1.54, 1.807) is 22.9 Å². The molecule has 0 saturated carbocycles. The van der Waals surface area contributed by atoms with Crippen LogP contribution in [0.3, 0.4) is 0 Å². The van der Waals surface area contributed by atoms with Crippen LogP contribution in [0.25, 0.3) is 10.2 Å². The summed E-state index contributed by atoms with van der Waals surface area (Å²) in [6.45, 7) is 5.31. The van der Waals surface area contributed by atoms with Crippen LogP contribution >= 0.6 is 34.7 Å². The van der Waals surface area contributed by atoms with Crippen LogP contribution in [0.4, 0.5) is 5.13 Å². The van der Waals surface area contributed by atoms with Gasteiger partial charge in [0.25, 0.3) is 5.91 Å². The number of hydrogen-bond acceptors (Lipinski definition) is 5. The Morgan fingerprint density at radius 1 is 1.23 bits per heavy atom. The van der Waals surface area contributed by atoms with Crippen LogP contribution in [0.15, 0.2) is 65.8 Å². The second kappa shape index (κ2) is 9.20. The Kier molecular flexibility index (Phi) is 6.41. The molecule has 4 rings (SSSR count). The second-order valence-corrected chi connectivity index (χ2v) is 10.1. The molecule has 0 atom stereocenters. The highest BCUT2D eigenvalue weighted by atomic mass is 35.5. The number of rotatable bonds is 7. The maximum absolute atomic E-state index is 13.5. The molecule has 0 aliphatic rings. The normalized spacial score (nSPS) is 11.3. The molecule has 5 nitrogen and oxygen atoms in total. The summed E-state index contributed by atoms with van der Waals surface area (Å²) in [5.74, 6) is -0.0801. The molecule has 154 valence electrons. The van der Waals surface area contributed by atoms with Crippen LogP contribution < -0.4 is 4.90 Å². The molecular weight excluding hydrogens is 436 g/mol. The number of para-hydroxylation sites is 1. The van der Waals surface area contributed by atoms with Crippen LogP contribution in [0.2, 0.25) is 5.02 Å². The molecule has 0 N–H and O–H groups in total. The molecule has 0 bridgehead atoms. The number of halogens is 1. The summed E-state index contributed by atoms with van der Waals surface area (Å²) in [5.41, 5.74) is 1.37. The number of carbonyl (C=O) groups is 1. The van der Waals surface area contributed by atoms with Gasteiger partial charge in [0.05, 0.1) is 16.3 Å². The van der Waals surface area contributed by atoms with E-state index < -0.39 is 0 Å². The van der Waals surface area contributed by atoms with Crippen molar-refractivity contribution in [3.8, 4) is 0 Å². The summed E-state index contributed by atoms with van der Waals surface area (Å²) in [7, 11) is 0. The first-order valence-electron chi connectivity index (χ1n) is 9.62. The minimum Gasteiger partial charge on any atom is -0.282 e. The fraction of sp³-hybridized carbons (Fsp3) is 0.227. The van der Waals surface area contributed by atoms with Gasteiger partial charge in [-0.3, -0.25) is 14.4 Å². The van der Waals surface area contributed by atoms with E-state index in [4.69, 9.17) is 11.6 Å². The van der Waals surface area contributed by atoms with Gasteiger partial charge in [-0.15, -0.1) is 11.8 Å². The smallest absolute Gasteiger partial charge is 0.260 e. The van der Waals surface area contributed by atoms with Gasteiger partial charge in [0.15, 0.2) is 5.13 Å². The van der Waals surface area contributed by atoms with Gasteiger partial charge in [0, 0.05) is 34.6 Å². The Morgan fingerprint density at radius 2 is 2.07 bits per heavy atom. The highest BCUT2D eigenvalue weighted by molar-refractivity contribution is 7.99. The van der Waals surface area contributed by atoms with Crippen molar-refractivity contribution in [3.05, 3.63) is 71.5 Å². The van der Waals surface area contributed by atoms with Crippen molar-refractivity contribution in [2.45, 2.75) is 30.5 Å². The summed E-state index contributed by atoms with van der Waals surface area (Å²) in [6, 6.07) is 15.3. The number of hydrogen-bond donors (Lipinski definition) is 0. The first-order chi connectivity index (χ1) is 14.5. The number of thioether (sulfide) groups is 1. The second-order valence-electron chi connectivity index (χ2n) is 7.00. The predicted molar refractivity (Wildman–Crippen MR) is 126 cm³/mol. The number of anilines is 1. The predicted octanol–water partition coefficient (Wildman–Crippen LogP) is 5.99. The van der Waals surface area contributed by atoms with Crippen molar-refractivity contribution in [2.24, 2.45) is 0 Å². The van der Waals surface area contributed by atoms with Crippen molar-refractivity contribution in [1.29, 1.82) is 0 Å². The van der Waals surface area contributed by atoms with Crippen LogP contribution in [0.1, 0.15) is 24.2 Å². The highest BCUT2D eigenvalue weighted by Gasteiger charge is 2.22. The summed E-state index contributed by atoms with van der Waals surface area (Å²) in [5, 5.41) is 5.92. The monoisotopic (exact) mass is 456 g/mol. The van der Waals surface area contributed by atoms with Crippen LogP contribution in [0.5, 0.6) is 0 Å². The van der Waals surface area contributed by atoms with Crippen LogP contribution in [-0.4, -0.2) is 32.5 Å². The zero-order valence-corrected chi connectivity index (χ0v) is 19.0. The van der Waals surface area contributed by atoms with Crippen molar-refractivity contribution in [2.75, 3.05) is 11.4 Å². The van der Waals surface area contributed by atoms with Gasteiger partial charge in [-0.25, -0.2) is 4.98 Å². The summed E-state index contributed by atoms with van der Waals surface area (Å²) < 4.78 is 2.77. The molecule has 2 aromatic carbocycles. The molecule has 0 radical (unpaired) electrons. The van der Waals surface area contributed by atoms with Crippen molar-refractivity contribution < 1.29 is 4.79 Å². The van der Waals surface area contributed by atoms with Crippen molar-refractivity contribution >= 4 is 56.0 Å². The molecule has 1 amide bonds. The minimum atomic E-state index is -0.0801. The Balaban J connectivity index is 1.68. The zero-order valence-electron chi connectivity index (χ0n) is 16.7. The lowest BCUT2D eigenvalue weighted by Crippen LogP contribution is -2.34. The fourth-order valence-electron chi connectivity index (χ4n) is 3.07. The van der Waals surface area contributed by atoms with E-state index in [0.29, 0.717) is 34.1 Å². The lowest BCUT2D eigenvalue weighted by atomic mass is 10.2. The van der Waals surface area contributed by atoms with Crippen LogP contribution in [0, 0.1) is 0 Å². The largest absolute Gasteiger partial charge is 0.282 e. The lowest BCUT2D eigenvalue weighted by Gasteiger charge is -2.20. The summed E-state index contributed by atoms with van der Waals surface area (Å²) in [6.07, 6.45) is 3.62. The molecule has 0 spiro atoms. The number of thiazole rings is 1. The first-order valence-corrected chi connectivity index (χ1v) is 11.7. The third kappa shape index (κ3) is 4.69. The standard InChI is InChI=1S/C22H21ClN4OS2/c1-15(2)29-17-7-3-6-16(14-17)21(28)27(13-12-26-11-5-10-24-26)22-25-20-18(23)8-4-9-19(20)30-22/h3-11,14-15H,12-13H2,1-2H3. The molecule has 4 aromatic rings. The average molecular weight is 457 g/mol. The van der Waals surface area contributed by atoms with E-state index >= 15 is 0 Å². The molecule has 0 fully saturated rings. The summed E-state index contributed by atoms with van der Waals surface area (Å²) in [4.78, 5) is 21.0. The number of amides is 1. The number of aromatic nitrogens is 3. The fourth-order valence-corrected chi connectivity index (χ4v) is 5.25. The molecule has 30 heavy (non-hydrogen) atoms. The van der Waals surface area contributed by atoms with Crippen LogP contribution in [-0.2, 0) is 6.54 Å². The van der Waals surface area contributed by atoms with Gasteiger partial charge in [-0.2, -0.15) is 5.10 Å². The molecule has 0 aliphatic heterocycles. The number of fused-ring (bicyclic) bond motifs is 1. The minimum absolute atomic E-state index is 0.0801. The molecule has 8 heteroatoms. The third-order valence-corrected chi connectivity index (χ3v) is 6.75. The number of carbonyl (C=O) groups excluding carboxylic acids is 1. The van der Waals surface area contributed by atoms with Gasteiger partial charge in [-0.1, -0.05) is 48.9 Å². The van der Waals surface area contributed by atoms with Gasteiger partial charge in [0.2, 0.25) is 0 Å². The van der Waals surface area contributed by atoms with Crippen molar-refractivity contribution in [3.63, 3.8) is 0 Å². The Morgan fingerprint density at radius 3 is 2.80 bits per heavy atom. The molecular formula is C22H21ClN4OS2. The van der Waals surface area contributed by atoms with Gasteiger partial charge < -0.3 is 0 Å². The van der Waals surface area contributed by atoms with Gasteiger partial charge >= 0.3 is 0 Å². The van der Waals surface area contributed by atoms with E-state index in [1.807, 2.05) is 59.4 Å². The molecule has 2 heterocycles. The van der Waals surface area contributed by atoms with Crippen molar-refractivity contribution in [1.82, 2.24) is 14.8 Å². The maximum Gasteiger partial charge on any atom is 0.260 e. The topological polar surface area (TPSA) is 51.0 Å². The quantitative estimate of drug-likeness (QED) is 0.320. The lowest BCUT2D eigenvalue weighted by molar-refractivity contribution is 0.0985. The SMILES string of the molecule is CC(C)Sc1cccc(C(=O)N(CCn2cccn2)c2nc3c(Cl)cccc3s2)c1. The first kappa shape index (κ1) is 20.9. The molecule has 0 saturated heterocycles. The van der Waals surface area contributed by atoms with E-state index in [0.717, 1.165) is 15.1 Å². The number of nitrogens with zero attached hydrogens (tertiary/aromatic N) is 4. The van der Waals surface area contributed by atoms with E-state index in [9.17, 15) is 4.79 Å². The van der Waals surface area contributed by atoms with E-state index in [1.165, 1.54) is 11.3 Å². The van der Waals surface area contributed by atoms with E-state index in [-0.39, 0.29) is 5.91 Å².